The number of hydrogen-bond acceptors (Lipinski definition) is 5. The van der Waals surface area contributed by atoms with Gasteiger partial charge in [-0.2, -0.15) is 0 Å². The van der Waals surface area contributed by atoms with E-state index in [1.807, 2.05) is 0 Å². The number of nitrogens with two attached hydrogens (primary N) is 1. The van der Waals surface area contributed by atoms with Crippen molar-refractivity contribution in [2.75, 3.05) is 13.2 Å². The van der Waals surface area contributed by atoms with Crippen molar-refractivity contribution in [1.82, 2.24) is 0 Å². The molecule has 2 rings (SSSR count). The van der Waals surface area contributed by atoms with Crippen molar-refractivity contribution in [2.24, 2.45) is 11.7 Å². The fourth-order valence-corrected chi connectivity index (χ4v) is 2.77. The molecule has 1 fully saturated rings. The molecule has 4 atom stereocenters. The van der Waals surface area contributed by atoms with Gasteiger partial charge in [-0.05, 0) is 37.0 Å². The van der Waals surface area contributed by atoms with E-state index in [1.54, 1.807) is 19.1 Å². The normalized spacial score (nSPS) is 27.1. The van der Waals surface area contributed by atoms with E-state index in [4.69, 9.17) is 19.9 Å². The first kappa shape index (κ1) is 22.8. The van der Waals surface area contributed by atoms with Crippen molar-refractivity contribution in [2.45, 2.75) is 58.0 Å². The summed E-state index contributed by atoms with van der Waals surface area (Å²) in [7, 11) is 0. The molecule has 7 heteroatoms. The van der Waals surface area contributed by atoms with Crippen molar-refractivity contribution < 1.29 is 23.4 Å². The third-order valence-corrected chi connectivity index (χ3v) is 4.17. The van der Waals surface area contributed by atoms with Crippen LogP contribution in [0.25, 0.3) is 0 Å². The number of ether oxygens (including phenoxy) is 3. The first-order chi connectivity index (χ1) is 11.9. The molecule has 0 aromatic heterocycles. The van der Waals surface area contributed by atoms with E-state index in [9.17, 15) is 9.18 Å². The summed E-state index contributed by atoms with van der Waals surface area (Å²) in [6.07, 6.45) is -0.275. The van der Waals surface area contributed by atoms with Crippen LogP contribution in [-0.4, -0.2) is 43.5 Å². The summed E-state index contributed by atoms with van der Waals surface area (Å²) < 4.78 is 30.7. The molecule has 0 aliphatic carbocycles. The minimum absolute atomic E-state index is 0. The molecule has 1 aliphatic rings. The lowest BCUT2D eigenvalue weighted by Crippen LogP contribution is -2.44. The number of benzene rings is 1. The second-order valence-electron chi connectivity index (χ2n) is 6.97. The molecule has 0 amide bonds. The summed E-state index contributed by atoms with van der Waals surface area (Å²) in [5.41, 5.74) is 6.76. The fraction of sp³-hybridized carbons (Fsp3) is 0.632. The van der Waals surface area contributed by atoms with Gasteiger partial charge in [0.15, 0.2) is 0 Å². The maximum absolute atomic E-state index is 13.1. The Hall–Kier alpha value is -1.21. The van der Waals surface area contributed by atoms with Crippen LogP contribution in [0.5, 0.6) is 0 Å². The highest BCUT2D eigenvalue weighted by molar-refractivity contribution is 5.85. The molecule has 26 heavy (non-hydrogen) atoms. The molecule has 0 saturated carbocycles. The lowest BCUT2D eigenvalue weighted by molar-refractivity contribution is -0.164. The number of cyclic esters (lactones) is 1. The molecule has 0 bridgehead atoms. The Labute approximate surface area is 160 Å². The lowest BCUT2D eigenvalue weighted by atomic mass is 10.00. The summed E-state index contributed by atoms with van der Waals surface area (Å²) in [6.45, 7) is 6.77. The van der Waals surface area contributed by atoms with Crippen LogP contribution in [0.2, 0.25) is 0 Å². The minimum atomic E-state index is -0.697. The zero-order chi connectivity index (χ0) is 18.4. The Morgan fingerprint density at radius 1 is 1.31 bits per heavy atom. The van der Waals surface area contributed by atoms with Crippen LogP contribution >= 0.6 is 12.4 Å². The van der Waals surface area contributed by atoms with Gasteiger partial charge in [-0.15, -0.1) is 12.4 Å². The number of esters is 1. The summed E-state index contributed by atoms with van der Waals surface area (Å²) in [4.78, 5) is 12.0. The average Bonchev–Trinajstić information content (AvgIpc) is 2.59. The van der Waals surface area contributed by atoms with Crippen LogP contribution < -0.4 is 5.73 Å². The van der Waals surface area contributed by atoms with Gasteiger partial charge in [0.2, 0.25) is 0 Å². The second-order valence-corrected chi connectivity index (χ2v) is 6.97. The van der Waals surface area contributed by atoms with Gasteiger partial charge in [0, 0.05) is 19.6 Å². The van der Waals surface area contributed by atoms with Gasteiger partial charge in [-0.25, -0.2) is 4.39 Å². The SMILES string of the molecule is CC(C)CO[C@H]1[C@H](C)OC(=O)[C@@H](N)CCO[C@@H]1Cc1ccc(F)cc1.Cl. The van der Waals surface area contributed by atoms with E-state index in [2.05, 4.69) is 13.8 Å². The summed E-state index contributed by atoms with van der Waals surface area (Å²) in [5.74, 6) is -0.374. The van der Waals surface area contributed by atoms with Crippen LogP contribution in [0.1, 0.15) is 32.8 Å². The number of carbonyl (C=O) groups excluding carboxylic acids is 1. The first-order valence-corrected chi connectivity index (χ1v) is 8.80. The van der Waals surface area contributed by atoms with Crippen LogP contribution in [0.3, 0.4) is 0 Å². The molecule has 0 radical (unpaired) electrons. The number of halogens is 2. The molecule has 1 aromatic rings. The minimum Gasteiger partial charge on any atom is -0.459 e. The number of rotatable bonds is 5. The lowest BCUT2D eigenvalue weighted by Gasteiger charge is -2.31. The summed E-state index contributed by atoms with van der Waals surface area (Å²) in [6, 6.07) is 5.61. The molecule has 0 spiro atoms. The largest absolute Gasteiger partial charge is 0.459 e. The third-order valence-electron chi connectivity index (χ3n) is 4.17. The third kappa shape index (κ3) is 6.83. The van der Waals surface area contributed by atoms with E-state index in [0.29, 0.717) is 32.0 Å². The Morgan fingerprint density at radius 3 is 2.58 bits per heavy atom. The maximum Gasteiger partial charge on any atom is 0.323 e. The topological polar surface area (TPSA) is 70.8 Å². The van der Waals surface area contributed by atoms with Gasteiger partial charge >= 0.3 is 5.97 Å². The zero-order valence-electron chi connectivity index (χ0n) is 15.5. The van der Waals surface area contributed by atoms with Crippen LogP contribution in [-0.2, 0) is 25.4 Å². The molecular formula is C19H29ClFNO4. The second kappa shape index (κ2) is 10.8. The molecule has 2 N–H and O–H groups in total. The van der Waals surface area contributed by atoms with Gasteiger partial charge in [0.25, 0.3) is 0 Å². The standard InChI is InChI=1S/C19H28FNO4.ClH/c1-12(2)11-24-18-13(3)25-19(22)16(21)8-9-23-17(18)10-14-4-6-15(20)7-5-14;/h4-7,12-13,16-18H,8-11,21H2,1-3H3;1H/t13-,16-,17+,18-;/m0./s1. The number of hydrogen-bond donors (Lipinski definition) is 1. The highest BCUT2D eigenvalue weighted by atomic mass is 35.5. The Balaban J connectivity index is 0.00000338. The maximum atomic E-state index is 13.1. The van der Waals surface area contributed by atoms with Crippen LogP contribution in [0.15, 0.2) is 24.3 Å². The van der Waals surface area contributed by atoms with Crippen molar-refractivity contribution >= 4 is 18.4 Å². The van der Waals surface area contributed by atoms with Crippen molar-refractivity contribution in [3.63, 3.8) is 0 Å². The van der Waals surface area contributed by atoms with Crippen molar-refractivity contribution in [3.8, 4) is 0 Å². The van der Waals surface area contributed by atoms with Gasteiger partial charge in [0.05, 0.1) is 6.10 Å². The summed E-state index contributed by atoms with van der Waals surface area (Å²) >= 11 is 0. The Morgan fingerprint density at radius 2 is 1.96 bits per heavy atom. The van der Waals surface area contributed by atoms with E-state index < -0.39 is 24.2 Å². The molecule has 1 heterocycles. The molecule has 1 aromatic carbocycles. The quantitative estimate of drug-likeness (QED) is 0.784. The van der Waals surface area contributed by atoms with E-state index in [1.165, 1.54) is 12.1 Å². The smallest absolute Gasteiger partial charge is 0.323 e. The van der Waals surface area contributed by atoms with E-state index in [-0.39, 0.29) is 24.3 Å². The predicted octanol–water partition coefficient (Wildman–Crippen LogP) is 2.88. The van der Waals surface area contributed by atoms with Crippen molar-refractivity contribution in [1.29, 1.82) is 0 Å². The highest BCUT2D eigenvalue weighted by Gasteiger charge is 2.34. The predicted molar refractivity (Wildman–Crippen MR) is 99.8 cm³/mol. The van der Waals surface area contributed by atoms with E-state index >= 15 is 0 Å². The molecule has 1 saturated heterocycles. The Bertz CT molecular complexity index is 555. The Kier molecular flexibility index (Phi) is 9.50. The molecule has 1 aliphatic heterocycles. The number of carbonyl (C=O) groups is 1. The van der Waals surface area contributed by atoms with Crippen LogP contribution in [0.4, 0.5) is 4.39 Å². The average molecular weight is 390 g/mol. The van der Waals surface area contributed by atoms with Crippen LogP contribution in [0, 0.1) is 11.7 Å². The zero-order valence-corrected chi connectivity index (χ0v) is 16.3. The fourth-order valence-electron chi connectivity index (χ4n) is 2.77. The molecule has 5 nitrogen and oxygen atoms in total. The van der Waals surface area contributed by atoms with Crippen molar-refractivity contribution in [3.05, 3.63) is 35.6 Å². The van der Waals surface area contributed by atoms with E-state index in [0.717, 1.165) is 5.56 Å². The molecular weight excluding hydrogens is 361 g/mol. The van der Waals surface area contributed by atoms with Gasteiger partial charge in [-0.3, -0.25) is 4.79 Å². The van der Waals surface area contributed by atoms with Gasteiger partial charge in [0.1, 0.15) is 24.1 Å². The highest BCUT2D eigenvalue weighted by Crippen LogP contribution is 2.21. The molecule has 148 valence electrons. The van der Waals surface area contributed by atoms with Gasteiger partial charge < -0.3 is 19.9 Å². The van der Waals surface area contributed by atoms with Gasteiger partial charge in [-0.1, -0.05) is 26.0 Å². The summed E-state index contributed by atoms with van der Waals surface area (Å²) in [5, 5.41) is 0. The monoisotopic (exact) mass is 389 g/mol. The first-order valence-electron chi connectivity index (χ1n) is 8.80. The molecule has 0 unspecified atom stereocenters.